The molecule has 0 unspecified atom stereocenters. The van der Waals surface area contributed by atoms with Crippen LogP contribution in [0, 0.1) is 0 Å². The highest BCUT2D eigenvalue weighted by Gasteiger charge is 2.13. The van der Waals surface area contributed by atoms with Gasteiger partial charge in [0.2, 0.25) is 5.16 Å². The second-order valence-corrected chi connectivity index (χ2v) is 8.83. The average molecular weight is 503 g/mol. The van der Waals surface area contributed by atoms with E-state index in [1.807, 2.05) is 13.1 Å². The predicted molar refractivity (Wildman–Crippen MR) is 125 cm³/mol. The Hall–Kier alpha value is -1.71. The van der Waals surface area contributed by atoms with Crippen LogP contribution in [0.2, 0.25) is 15.1 Å². The molecule has 7 nitrogen and oxygen atoms in total. The highest BCUT2D eigenvalue weighted by Crippen LogP contribution is 2.35. The number of thioether (sulfide) groups is 1. The molecular formula is C20H22Cl3N5O2S. The smallest absolute Gasteiger partial charge is 0.209 e. The molecule has 0 spiro atoms. The number of halogens is 3. The van der Waals surface area contributed by atoms with Crippen LogP contribution in [-0.2, 0) is 20.2 Å². The lowest BCUT2D eigenvalue weighted by Gasteiger charge is -2.15. The Balaban J connectivity index is 1.52. The van der Waals surface area contributed by atoms with Crippen LogP contribution in [0.25, 0.3) is 0 Å². The summed E-state index contributed by atoms with van der Waals surface area (Å²) in [4.78, 5) is 0. The van der Waals surface area contributed by atoms with Crippen molar-refractivity contribution in [3.05, 3.63) is 56.5 Å². The van der Waals surface area contributed by atoms with Gasteiger partial charge in [-0.1, -0.05) is 52.6 Å². The third kappa shape index (κ3) is 6.63. The molecule has 0 saturated carbocycles. The van der Waals surface area contributed by atoms with Crippen LogP contribution in [0.5, 0.6) is 11.5 Å². The molecule has 0 saturated heterocycles. The Morgan fingerprint density at radius 2 is 1.87 bits per heavy atom. The zero-order valence-corrected chi connectivity index (χ0v) is 20.2. The third-order valence-corrected chi connectivity index (χ3v) is 6.55. The Morgan fingerprint density at radius 1 is 1.10 bits per heavy atom. The summed E-state index contributed by atoms with van der Waals surface area (Å²) >= 11 is 20.5. The molecule has 1 aromatic heterocycles. The van der Waals surface area contributed by atoms with Crippen molar-refractivity contribution >= 4 is 46.6 Å². The first-order chi connectivity index (χ1) is 15.0. The molecule has 31 heavy (non-hydrogen) atoms. The number of methoxy groups -OCH3 is 1. The molecule has 1 heterocycles. The maximum Gasteiger partial charge on any atom is 0.209 e. The molecule has 166 valence electrons. The van der Waals surface area contributed by atoms with Crippen LogP contribution >= 0.6 is 46.6 Å². The largest absolute Gasteiger partial charge is 0.493 e. The highest BCUT2D eigenvalue weighted by atomic mass is 35.5. The molecule has 0 amide bonds. The zero-order chi connectivity index (χ0) is 22.2. The van der Waals surface area contributed by atoms with E-state index in [0.29, 0.717) is 38.7 Å². The van der Waals surface area contributed by atoms with Crippen molar-refractivity contribution in [2.45, 2.75) is 24.7 Å². The average Bonchev–Trinajstić information content (AvgIpc) is 3.16. The van der Waals surface area contributed by atoms with Gasteiger partial charge in [0, 0.05) is 46.0 Å². The Labute approximate surface area is 200 Å². The van der Waals surface area contributed by atoms with E-state index in [-0.39, 0.29) is 6.61 Å². The van der Waals surface area contributed by atoms with Gasteiger partial charge < -0.3 is 14.8 Å². The number of tetrazole rings is 1. The minimum Gasteiger partial charge on any atom is -0.493 e. The summed E-state index contributed by atoms with van der Waals surface area (Å²) in [5.41, 5.74) is 1.64. The number of rotatable bonds is 11. The molecule has 0 aliphatic carbocycles. The molecule has 3 aromatic rings. The summed E-state index contributed by atoms with van der Waals surface area (Å²) in [7, 11) is 3.42. The molecule has 2 aromatic carbocycles. The van der Waals surface area contributed by atoms with E-state index in [1.165, 1.54) is 0 Å². The van der Waals surface area contributed by atoms with Crippen molar-refractivity contribution in [2.75, 3.05) is 19.4 Å². The Bertz CT molecular complexity index is 998. The third-order valence-electron chi connectivity index (χ3n) is 4.39. The highest BCUT2D eigenvalue weighted by molar-refractivity contribution is 7.99. The number of benzene rings is 2. The summed E-state index contributed by atoms with van der Waals surface area (Å²) in [6, 6.07) is 8.96. The number of aromatic nitrogens is 4. The van der Waals surface area contributed by atoms with Crippen molar-refractivity contribution in [1.29, 1.82) is 0 Å². The number of nitrogens with one attached hydrogen (secondary N) is 1. The molecule has 0 fully saturated rings. The number of nitrogens with zero attached hydrogens (tertiary/aromatic N) is 4. The topological polar surface area (TPSA) is 74.1 Å². The molecular weight excluding hydrogens is 481 g/mol. The minimum absolute atomic E-state index is 0.210. The van der Waals surface area contributed by atoms with E-state index >= 15 is 0 Å². The van der Waals surface area contributed by atoms with E-state index in [9.17, 15) is 0 Å². The lowest BCUT2D eigenvalue weighted by molar-refractivity contribution is 0.284. The van der Waals surface area contributed by atoms with E-state index in [1.54, 1.807) is 47.8 Å². The molecule has 0 aliphatic heterocycles. The van der Waals surface area contributed by atoms with Gasteiger partial charge in [0.05, 0.1) is 7.11 Å². The molecule has 0 radical (unpaired) electrons. The SMILES string of the molecule is COc1cc(CNCCCSc2nnnn2C)c(Cl)cc1OCc1c(Cl)cccc1Cl. The fourth-order valence-corrected chi connectivity index (χ4v) is 4.25. The quantitative estimate of drug-likeness (QED) is 0.291. The van der Waals surface area contributed by atoms with Crippen LogP contribution in [0.1, 0.15) is 17.5 Å². The van der Waals surface area contributed by atoms with Crippen LogP contribution < -0.4 is 14.8 Å². The molecule has 1 N–H and O–H groups in total. The van der Waals surface area contributed by atoms with Gasteiger partial charge in [0.1, 0.15) is 6.61 Å². The maximum atomic E-state index is 6.47. The second kappa shape index (κ2) is 11.8. The first-order valence-electron chi connectivity index (χ1n) is 9.47. The van der Waals surface area contributed by atoms with Gasteiger partial charge in [-0.3, -0.25) is 0 Å². The van der Waals surface area contributed by atoms with E-state index in [4.69, 9.17) is 44.3 Å². The fraction of sp³-hybridized carbons (Fsp3) is 0.350. The summed E-state index contributed by atoms with van der Waals surface area (Å²) in [5, 5.41) is 17.3. The van der Waals surface area contributed by atoms with Gasteiger partial charge in [-0.2, -0.15) is 0 Å². The van der Waals surface area contributed by atoms with E-state index in [2.05, 4.69) is 20.8 Å². The van der Waals surface area contributed by atoms with Crippen molar-refractivity contribution < 1.29 is 9.47 Å². The Morgan fingerprint density at radius 3 is 2.55 bits per heavy atom. The summed E-state index contributed by atoms with van der Waals surface area (Å²) in [6.45, 7) is 1.66. The minimum atomic E-state index is 0.210. The molecule has 0 bridgehead atoms. The van der Waals surface area contributed by atoms with Crippen molar-refractivity contribution in [3.8, 4) is 11.5 Å². The van der Waals surface area contributed by atoms with Gasteiger partial charge in [0.25, 0.3) is 0 Å². The molecule has 3 rings (SSSR count). The van der Waals surface area contributed by atoms with Crippen molar-refractivity contribution in [1.82, 2.24) is 25.5 Å². The summed E-state index contributed by atoms with van der Waals surface area (Å²) in [5.74, 6) is 2.03. The number of ether oxygens (including phenoxy) is 2. The lowest BCUT2D eigenvalue weighted by Crippen LogP contribution is -2.16. The van der Waals surface area contributed by atoms with Gasteiger partial charge >= 0.3 is 0 Å². The standard InChI is InChI=1S/C20H22Cl3N5O2S/c1-28-20(25-26-27-28)31-8-4-7-24-11-13-9-18(29-2)19(10-17(13)23)30-12-14-15(21)5-3-6-16(14)22/h3,5-6,9-10,24H,4,7-8,11-12H2,1-2H3. The number of hydrogen-bond donors (Lipinski definition) is 1. The monoisotopic (exact) mass is 501 g/mol. The zero-order valence-electron chi connectivity index (χ0n) is 17.1. The first-order valence-corrected chi connectivity index (χ1v) is 11.6. The fourth-order valence-electron chi connectivity index (χ4n) is 2.73. The van der Waals surface area contributed by atoms with E-state index < -0.39 is 0 Å². The number of hydrogen-bond acceptors (Lipinski definition) is 7. The molecule has 11 heteroatoms. The van der Waals surface area contributed by atoms with Crippen LogP contribution in [0.4, 0.5) is 0 Å². The molecule has 0 aliphatic rings. The normalized spacial score (nSPS) is 11.0. The van der Waals surface area contributed by atoms with Gasteiger partial charge in [-0.25, -0.2) is 4.68 Å². The predicted octanol–water partition coefficient (Wildman–Crippen LogP) is 5.03. The van der Waals surface area contributed by atoms with Crippen LogP contribution in [0.3, 0.4) is 0 Å². The first kappa shape index (κ1) is 23.9. The lowest BCUT2D eigenvalue weighted by atomic mass is 10.2. The molecule has 0 atom stereocenters. The van der Waals surface area contributed by atoms with Gasteiger partial charge in [0.15, 0.2) is 11.5 Å². The van der Waals surface area contributed by atoms with Crippen LogP contribution in [0.15, 0.2) is 35.5 Å². The number of aryl methyl sites for hydroxylation is 1. The van der Waals surface area contributed by atoms with Gasteiger partial charge in [-0.15, -0.1) is 5.10 Å². The second-order valence-electron chi connectivity index (χ2n) is 6.55. The summed E-state index contributed by atoms with van der Waals surface area (Å²) < 4.78 is 13.0. The van der Waals surface area contributed by atoms with Crippen molar-refractivity contribution in [3.63, 3.8) is 0 Å². The van der Waals surface area contributed by atoms with Crippen molar-refractivity contribution in [2.24, 2.45) is 7.05 Å². The van der Waals surface area contributed by atoms with Crippen LogP contribution in [-0.4, -0.2) is 39.6 Å². The Kier molecular flexibility index (Phi) is 9.10. The van der Waals surface area contributed by atoms with Gasteiger partial charge in [-0.05, 0) is 47.2 Å². The summed E-state index contributed by atoms with van der Waals surface area (Å²) in [6.07, 6.45) is 0.964. The maximum absolute atomic E-state index is 6.47. The van der Waals surface area contributed by atoms with E-state index in [0.717, 1.165) is 29.4 Å².